The number of hydrogen-bond donors (Lipinski definition) is 1. The van der Waals surface area contributed by atoms with E-state index in [1.165, 1.54) is 0 Å². The van der Waals surface area contributed by atoms with E-state index >= 15 is 0 Å². The Morgan fingerprint density at radius 3 is 2.52 bits per heavy atom. The molecule has 0 aliphatic carbocycles. The molecule has 6 heteroatoms. The van der Waals surface area contributed by atoms with Gasteiger partial charge in [-0.2, -0.15) is 0 Å². The molecule has 0 bridgehead atoms. The molecule has 0 aromatic heterocycles. The standard InChI is InChI=1S/C19H37NO5/c1-7-19(22)14-25-16(21)15(2)10-8-11-18(3,24-6)12-9-13-20(4)17(19)23-5/h15,17,22H,7-14H2,1-6H3/t15-,17+,18+,19-/m1/s1. The lowest BCUT2D eigenvalue weighted by Crippen LogP contribution is -2.55. The highest BCUT2D eigenvalue weighted by Crippen LogP contribution is 2.28. The molecule has 1 heterocycles. The fourth-order valence-electron chi connectivity index (χ4n) is 3.54. The van der Waals surface area contributed by atoms with E-state index in [0.717, 1.165) is 38.6 Å². The molecule has 0 spiro atoms. The maximum atomic E-state index is 12.3. The van der Waals surface area contributed by atoms with Crippen LogP contribution in [0, 0.1) is 5.92 Å². The molecule has 0 unspecified atom stereocenters. The topological polar surface area (TPSA) is 68.2 Å². The third kappa shape index (κ3) is 6.20. The van der Waals surface area contributed by atoms with Crippen LogP contribution in [0.25, 0.3) is 0 Å². The molecule has 1 aliphatic heterocycles. The average Bonchev–Trinajstić information content (AvgIpc) is 2.59. The van der Waals surface area contributed by atoms with Crippen LogP contribution >= 0.6 is 0 Å². The van der Waals surface area contributed by atoms with Gasteiger partial charge in [-0.15, -0.1) is 0 Å². The van der Waals surface area contributed by atoms with E-state index in [1.54, 1.807) is 14.2 Å². The van der Waals surface area contributed by atoms with E-state index < -0.39 is 11.8 Å². The minimum absolute atomic E-state index is 0.0503. The number of carbonyl (C=O) groups is 1. The van der Waals surface area contributed by atoms with E-state index in [-0.39, 0.29) is 24.1 Å². The maximum absolute atomic E-state index is 12.3. The average molecular weight is 360 g/mol. The van der Waals surface area contributed by atoms with E-state index in [1.807, 2.05) is 25.8 Å². The zero-order chi connectivity index (χ0) is 19.1. The number of rotatable bonds is 3. The fourth-order valence-corrected chi connectivity index (χ4v) is 3.54. The van der Waals surface area contributed by atoms with Gasteiger partial charge < -0.3 is 19.3 Å². The van der Waals surface area contributed by atoms with Crippen molar-refractivity contribution in [2.45, 2.75) is 76.7 Å². The van der Waals surface area contributed by atoms with Crippen LogP contribution in [0.15, 0.2) is 0 Å². The highest BCUT2D eigenvalue weighted by molar-refractivity contribution is 5.72. The Kier molecular flexibility index (Phi) is 8.81. The van der Waals surface area contributed by atoms with Crippen molar-refractivity contribution in [1.29, 1.82) is 0 Å². The summed E-state index contributed by atoms with van der Waals surface area (Å²) in [6, 6.07) is 0. The number of nitrogens with zero attached hydrogens (tertiary/aromatic N) is 1. The van der Waals surface area contributed by atoms with Crippen molar-refractivity contribution in [3.8, 4) is 0 Å². The van der Waals surface area contributed by atoms with Gasteiger partial charge in [0.15, 0.2) is 0 Å². The number of aliphatic hydroxyl groups is 1. The number of cyclic esters (lactones) is 1. The highest BCUT2D eigenvalue weighted by atomic mass is 16.6. The second-order valence-corrected chi connectivity index (χ2v) is 7.68. The molecule has 6 nitrogen and oxygen atoms in total. The van der Waals surface area contributed by atoms with Crippen LogP contribution in [0.4, 0.5) is 0 Å². The van der Waals surface area contributed by atoms with Gasteiger partial charge in [0, 0.05) is 20.8 Å². The number of hydrogen-bond acceptors (Lipinski definition) is 6. The van der Waals surface area contributed by atoms with Crippen molar-refractivity contribution in [2.75, 3.05) is 34.4 Å². The number of likely N-dealkylation sites (N-methyl/N-ethyl adjacent to an activating group) is 1. The molecular formula is C19H37NO5. The Bertz CT molecular complexity index is 419. The fraction of sp³-hybridized carbons (Fsp3) is 0.947. The van der Waals surface area contributed by atoms with E-state index in [9.17, 15) is 9.90 Å². The Hall–Kier alpha value is -0.690. The summed E-state index contributed by atoms with van der Waals surface area (Å²) >= 11 is 0. The highest BCUT2D eigenvalue weighted by Gasteiger charge is 2.40. The molecule has 4 atom stereocenters. The molecule has 1 fully saturated rings. The van der Waals surface area contributed by atoms with Gasteiger partial charge in [0.1, 0.15) is 18.4 Å². The summed E-state index contributed by atoms with van der Waals surface area (Å²) in [5.74, 6) is -0.454. The minimum Gasteiger partial charge on any atom is -0.462 e. The van der Waals surface area contributed by atoms with Crippen LogP contribution in [0.2, 0.25) is 0 Å². The van der Waals surface area contributed by atoms with Gasteiger partial charge in [-0.25, -0.2) is 0 Å². The summed E-state index contributed by atoms with van der Waals surface area (Å²) in [5, 5.41) is 11.0. The Balaban J connectivity index is 2.97. The first-order valence-corrected chi connectivity index (χ1v) is 9.38. The monoisotopic (exact) mass is 359 g/mol. The van der Waals surface area contributed by atoms with Gasteiger partial charge in [-0.1, -0.05) is 13.8 Å². The third-order valence-electron chi connectivity index (χ3n) is 5.61. The van der Waals surface area contributed by atoms with Gasteiger partial charge in [0.05, 0.1) is 11.5 Å². The normalized spacial score (nSPS) is 37.3. The molecule has 1 N–H and O–H groups in total. The lowest BCUT2D eigenvalue weighted by molar-refractivity contribution is -0.193. The molecule has 1 saturated heterocycles. The van der Waals surface area contributed by atoms with Gasteiger partial charge in [0.2, 0.25) is 0 Å². The Morgan fingerprint density at radius 2 is 1.96 bits per heavy atom. The van der Waals surface area contributed by atoms with E-state index in [2.05, 4.69) is 6.92 Å². The molecular weight excluding hydrogens is 322 g/mol. The van der Waals surface area contributed by atoms with Crippen molar-refractivity contribution >= 4 is 5.97 Å². The lowest BCUT2D eigenvalue weighted by atomic mass is 9.90. The smallest absolute Gasteiger partial charge is 0.308 e. The summed E-state index contributed by atoms with van der Waals surface area (Å²) in [5.41, 5.74) is -1.42. The number of carbonyl (C=O) groups excluding carboxylic acids is 1. The van der Waals surface area contributed by atoms with E-state index in [0.29, 0.717) is 6.42 Å². The molecule has 1 aliphatic rings. The van der Waals surface area contributed by atoms with Crippen molar-refractivity contribution in [1.82, 2.24) is 4.90 Å². The lowest BCUT2D eigenvalue weighted by Gasteiger charge is -2.40. The van der Waals surface area contributed by atoms with Gasteiger partial charge in [-0.3, -0.25) is 9.69 Å². The molecule has 1 rings (SSSR count). The summed E-state index contributed by atoms with van der Waals surface area (Å²) in [4.78, 5) is 14.3. The summed E-state index contributed by atoms with van der Waals surface area (Å²) in [6.07, 6.45) is 4.36. The second-order valence-electron chi connectivity index (χ2n) is 7.68. The zero-order valence-corrected chi connectivity index (χ0v) is 16.8. The first-order chi connectivity index (χ1) is 11.7. The van der Waals surface area contributed by atoms with Crippen LogP contribution in [-0.4, -0.2) is 67.8 Å². The van der Waals surface area contributed by atoms with Crippen LogP contribution < -0.4 is 0 Å². The van der Waals surface area contributed by atoms with Gasteiger partial charge in [-0.05, 0) is 52.5 Å². The first kappa shape index (κ1) is 22.4. The largest absolute Gasteiger partial charge is 0.462 e. The van der Waals surface area contributed by atoms with Crippen molar-refractivity contribution in [3.05, 3.63) is 0 Å². The first-order valence-electron chi connectivity index (χ1n) is 9.38. The van der Waals surface area contributed by atoms with Crippen molar-refractivity contribution in [2.24, 2.45) is 5.92 Å². The van der Waals surface area contributed by atoms with Crippen LogP contribution in [0.3, 0.4) is 0 Å². The number of methoxy groups -OCH3 is 2. The molecule has 148 valence electrons. The van der Waals surface area contributed by atoms with Crippen LogP contribution in [-0.2, 0) is 19.0 Å². The molecule has 0 amide bonds. The molecule has 25 heavy (non-hydrogen) atoms. The van der Waals surface area contributed by atoms with Crippen molar-refractivity contribution in [3.63, 3.8) is 0 Å². The number of esters is 1. The van der Waals surface area contributed by atoms with Gasteiger partial charge in [0.25, 0.3) is 0 Å². The summed E-state index contributed by atoms with van der Waals surface area (Å²) < 4.78 is 16.7. The minimum atomic E-state index is -1.23. The molecule has 0 aromatic carbocycles. The Labute approximate surface area is 152 Å². The third-order valence-corrected chi connectivity index (χ3v) is 5.61. The SMILES string of the molecule is CC[C@@]1(O)COC(=O)[C@H](C)CCC[C@](C)(OC)CCCN(C)[C@H]1OC. The maximum Gasteiger partial charge on any atom is 0.308 e. The Morgan fingerprint density at radius 1 is 1.32 bits per heavy atom. The van der Waals surface area contributed by atoms with E-state index in [4.69, 9.17) is 14.2 Å². The second kappa shape index (κ2) is 9.86. The predicted octanol–water partition coefficient (Wildman–Crippen LogP) is 2.58. The van der Waals surface area contributed by atoms with Crippen molar-refractivity contribution < 1.29 is 24.1 Å². The number of ether oxygens (including phenoxy) is 3. The quantitative estimate of drug-likeness (QED) is 0.781. The summed E-state index contributed by atoms with van der Waals surface area (Å²) in [7, 11) is 5.25. The zero-order valence-electron chi connectivity index (χ0n) is 16.8. The molecule has 0 saturated carbocycles. The van der Waals surface area contributed by atoms with Crippen LogP contribution in [0.1, 0.15) is 59.3 Å². The summed E-state index contributed by atoms with van der Waals surface area (Å²) in [6.45, 7) is 6.60. The van der Waals surface area contributed by atoms with Gasteiger partial charge >= 0.3 is 5.97 Å². The molecule has 0 radical (unpaired) electrons. The predicted molar refractivity (Wildman–Crippen MR) is 97.3 cm³/mol. The molecule has 0 aromatic rings. The van der Waals surface area contributed by atoms with Crippen LogP contribution in [0.5, 0.6) is 0 Å².